The molecule has 0 saturated heterocycles. The van der Waals surface area contributed by atoms with E-state index in [4.69, 9.17) is 4.74 Å². The Kier molecular flexibility index (Phi) is 2.76. The molecule has 0 aliphatic heterocycles. The van der Waals surface area contributed by atoms with E-state index < -0.39 is 0 Å². The Hall–Kier alpha value is -2.03. The van der Waals surface area contributed by atoms with Crippen molar-refractivity contribution in [3.63, 3.8) is 0 Å². The molecule has 0 aromatic heterocycles. The van der Waals surface area contributed by atoms with Crippen LogP contribution in [-0.4, -0.2) is 18.0 Å². The van der Waals surface area contributed by atoms with Crippen molar-refractivity contribution in [1.29, 1.82) is 0 Å². The number of carbonyl (C=O) groups excluding carboxylic acids is 1. The highest BCUT2D eigenvalue weighted by Crippen LogP contribution is 2.37. The minimum absolute atomic E-state index is 0.00458. The number of ketones is 1. The largest absolute Gasteiger partial charge is 0.506 e. The monoisotopic (exact) mass is 230 g/mol. The van der Waals surface area contributed by atoms with Crippen molar-refractivity contribution in [1.82, 2.24) is 0 Å². The second kappa shape index (κ2) is 4.09. The van der Waals surface area contributed by atoms with Crippen LogP contribution in [0.1, 0.15) is 22.8 Å². The smallest absolute Gasteiger partial charge is 0.163 e. The minimum Gasteiger partial charge on any atom is -0.506 e. The summed E-state index contributed by atoms with van der Waals surface area (Å²) in [6, 6.07) is 7.39. The summed E-state index contributed by atoms with van der Waals surface area (Å²) in [6.07, 6.45) is 0. The first-order valence-electron chi connectivity index (χ1n) is 5.36. The Morgan fingerprint density at radius 3 is 2.65 bits per heavy atom. The van der Waals surface area contributed by atoms with Crippen LogP contribution in [-0.2, 0) is 0 Å². The molecule has 0 aliphatic carbocycles. The van der Waals surface area contributed by atoms with Gasteiger partial charge in [-0.25, -0.2) is 0 Å². The summed E-state index contributed by atoms with van der Waals surface area (Å²) >= 11 is 0. The van der Waals surface area contributed by atoms with Gasteiger partial charge in [-0.2, -0.15) is 0 Å². The van der Waals surface area contributed by atoms with Gasteiger partial charge in [0.05, 0.1) is 18.1 Å². The molecule has 3 heteroatoms. The van der Waals surface area contributed by atoms with Crippen LogP contribution in [0.5, 0.6) is 11.5 Å². The van der Waals surface area contributed by atoms with E-state index in [1.165, 1.54) is 6.92 Å². The van der Waals surface area contributed by atoms with Crippen molar-refractivity contribution in [3.8, 4) is 11.5 Å². The first-order valence-corrected chi connectivity index (χ1v) is 5.36. The number of methoxy groups -OCH3 is 1. The Morgan fingerprint density at radius 2 is 2.06 bits per heavy atom. The van der Waals surface area contributed by atoms with Crippen LogP contribution in [0.3, 0.4) is 0 Å². The molecule has 0 heterocycles. The van der Waals surface area contributed by atoms with Crippen molar-refractivity contribution in [2.75, 3.05) is 7.11 Å². The molecule has 0 radical (unpaired) electrons. The van der Waals surface area contributed by atoms with E-state index in [1.54, 1.807) is 13.2 Å². The van der Waals surface area contributed by atoms with Gasteiger partial charge >= 0.3 is 0 Å². The summed E-state index contributed by atoms with van der Waals surface area (Å²) < 4.78 is 5.21. The van der Waals surface area contributed by atoms with Gasteiger partial charge in [0.25, 0.3) is 0 Å². The van der Waals surface area contributed by atoms with E-state index in [1.807, 2.05) is 25.1 Å². The van der Waals surface area contributed by atoms with E-state index >= 15 is 0 Å². The van der Waals surface area contributed by atoms with Gasteiger partial charge in [-0.1, -0.05) is 18.2 Å². The SMILES string of the molecule is COc1cccc2cc(C)c(C(C)=O)c(O)c12. The van der Waals surface area contributed by atoms with Crippen molar-refractivity contribution in [3.05, 3.63) is 35.4 Å². The molecule has 1 N–H and O–H groups in total. The molecule has 2 rings (SSSR count). The van der Waals surface area contributed by atoms with Crippen molar-refractivity contribution < 1.29 is 14.6 Å². The number of carbonyl (C=O) groups is 1. The predicted molar refractivity (Wildman–Crippen MR) is 66.9 cm³/mol. The molecule has 17 heavy (non-hydrogen) atoms. The quantitative estimate of drug-likeness (QED) is 0.806. The zero-order chi connectivity index (χ0) is 12.6. The fourth-order valence-corrected chi connectivity index (χ4v) is 2.15. The summed E-state index contributed by atoms with van der Waals surface area (Å²) in [6.45, 7) is 3.26. The van der Waals surface area contributed by atoms with Crippen LogP contribution in [0.2, 0.25) is 0 Å². The van der Waals surface area contributed by atoms with Gasteiger partial charge in [0.15, 0.2) is 5.78 Å². The van der Waals surface area contributed by atoms with E-state index in [9.17, 15) is 9.90 Å². The Balaban J connectivity index is 2.93. The number of benzene rings is 2. The topological polar surface area (TPSA) is 46.5 Å². The second-order valence-corrected chi connectivity index (χ2v) is 4.03. The molecule has 0 atom stereocenters. The van der Waals surface area contributed by atoms with E-state index in [0.717, 1.165) is 10.9 Å². The maximum atomic E-state index is 11.5. The highest BCUT2D eigenvalue weighted by Gasteiger charge is 2.16. The standard InChI is InChI=1S/C14H14O3/c1-8-7-10-5-4-6-11(17-3)13(10)14(16)12(8)9(2)15/h4-7,16H,1-3H3. The molecule has 0 saturated carbocycles. The van der Waals surface area contributed by atoms with Gasteiger partial charge in [-0.15, -0.1) is 0 Å². The molecular formula is C14H14O3. The summed E-state index contributed by atoms with van der Waals surface area (Å²) in [5.74, 6) is 0.431. The molecule has 0 fully saturated rings. The summed E-state index contributed by atoms with van der Waals surface area (Å²) in [4.78, 5) is 11.5. The number of phenols is 1. The number of phenolic OH excluding ortho intramolecular Hbond substituents is 1. The Labute approximate surface area is 99.6 Å². The number of ether oxygens (including phenoxy) is 1. The van der Waals surface area contributed by atoms with Crippen LogP contribution in [0, 0.1) is 6.92 Å². The highest BCUT2D eigenvalue weighted by molar-refractivity contribution is 6.06. The summed E-state index contributed by atoms with van der Waals surface area (Å²) in [5, 5.41) is 11.7. The van der Waals surface area contributed by atoms with E-state index in [2.05, 4.69) is 0 Å². The summed E-state index contributed by atoms with van der Waals surface area (Å²) in [7, 11) is 1.54. The van der Waals surface area contributed by atoms with Crippen LogP contribution < -0.4 is 4.74 Å². The van der Waals surface area contributed by atoms with Gasteiger partial charge in [0, 0.05) is 0 Å². The lowest BCUT2D eigenvalue weighted by Gasteiger charge is -2.12. The summed E-state index contributed by atoms with van der Waals surface area (Å²) in [5.41, 5.74) is 1.14. The first-order chi connectivity index (χ1) is 8.06. The Morgan fingerprint density at radius 1 is 1.35 bits per heavy atom. The van der Waals surface area contributed by atoms with Gasteiger partial charge in [-0.05, 0) is 30.9 Å². The zero-order valence-corrected chi connectivity index (χ0v) is 10.1. The molecule has 3 nitrogen and oxygen atoms in total. The average molecular weight is 230 g/mol. The first kappa shape index (κ1) is 11.5. The zero-order valence-electron chi connectivity index (χ0n) is 10.1. The fourth-order valence-electron chi connectivity index (χ4n) is 2.15. The lowest BCUT2D eigenvalue weighted by atomic mass is 9.97. The second-order valence-electron chi connectivity index (χ2n) is 4.03. The Bertz CT molecular complexity index is 600. The van der Waals surface area contributed by atoms with Gasteiger partial charge in [0.2, 0.25) is 0 Å². The average Bonchev–Trinajstić information content (AvgIpc) is 2.27. The molecule has 2 aromatic rings. The highest BCUT2D eigenvalue weighted by atomic mass is 16.5. The number of rotatable bonds is 2. The third-order valence-corrected chi connectivity index (χ3v) is 2.87. The van der Waals surface area contributed by atoms with E-state index in [0.29, 0.717) is 16.7 Å². The molecule has 0 bridgehead atoms. The molecule has 0 unspecified atom stereocenters. The third-order valence-electron chi connectivity index (χ3n) is 2.87. The predicted octanol–water partition coefficient (Wildman–Crippen LogP) is 3.07. The molecule has 0 aliphatic rings. The van der Waals surface area contributed by atoms with Crippen LogP contribution in [0.15, 0.2) is 24.3 Å². The number of hydrogen-bond acceptors (Lipinski definition) is 3. The normalized spacial score (nSPS) is 10.5. The van der Waals surface area contributed by atoms with Crippen LogP contribution >= 0.6 is 0 Å². The van der Waals surface area contributed by atoms with Gasteiger partial charge < -0.3 is 9.84 Å². The number of aromatic hydroxyl groups is 1. The van der Waals surface area contributed by atoms with Crippen LogP contribution in [0.25, 0.3) is 10.8 Å². The molecule has 2 aromatic carbocycles. The molecule has 0 spiro atoms. The minimum atomic E-state index is -0.146. The fraction of sp³-hybridized carbons (Fsp3) is 0.214. The third kappa shape index (κ3) is 1.73. The lowest BCUT2D eigenvalue weighted by molar-refractivity contribution is 0.101. The lowest BCUT2D eigenvalue weighted by Crippen LogP contribution is -1.98. The van der Waals surface area contributed by atoms with Gasteiger partial charge in [-0.3, -0.25) is 4.79 Å². The van der Waals surface area contributed by atoms with Crippen molar-refractivity contribution >= 4 is 16.6 Å². The number of fused-ring (bicyclic) bond motifs is 1. The maximum Gasteiger partial charge on any atom is 0.163 e. The van der Waals surface area contributed by atoms with E-state index in [-0.39, 0.29) is 11.5 Å². The number of hydrogen-bond donors (Lipinski definition) is 1. The number of aryl methyl sites for hydroxylation is 1. The van der Waals surface area contributed by atoms with Crippen molar-refractivity contribution in [2.45, 2.75) is 13.8 Å². The molecule has 88 valence electrons. The molecule has 0 amide bonds. The van der Waals surface area contributed by atoms with Crippen molar-refractivity contribution in [2.24, 2.45) is 0 Å². The maximum absolute atomic E-state index is 11.5. The number of Topliss-reactive ketones (excluding diaryl/α,β-unsaturated/α-hetero) is 1. The van der Waals surface area contributed by atoms with Gasteiger partial charge in [0.1, 0.15) is 11.5 Å². The molecular weight excluding hydrogens is 216 g/mol. The van der Waals surface area contributed by atoms with Crippen LogP contribution in [0.4, 0.5) is 0 Å².